The number of halogens is 5. The topological polar surface area (TPSA) is 73.6 Å². The monoisotopic (exact) mass is 361 g/mol. The molecule has 2 aromatic rings. The molecule has 0 amide bonds. The molecule has 0 aliphatic heterocycles. The third-order valence-electron chi connectivity index (χ3n) is 2.60. The van der Waals surface area contributed by atoms with Gasteiger partial charge in [0.05, 0.1) is 16.1 Å². The van der Waals surface area contributed by atoms with Gasteiger partial charge in [0.25, 0.3) is 0 Å². The zero-order valence-electron chi connectivity index (χ0n) is 11.2. The van der Waals surface area contributed by atoms with Gasteiger partial charge in [0.2, 0.25) is 5.95 Å². The van der Waals surface area contributed by atoms with Gasteiger partial charge in [-0.05, 0) is 18.2 Å². The molecule has 23 heavy (non-hydrogen) atoms. The summed E-state index contributed by atoms with van der Waals surface area (Å²) in [6, 6.07) is 6.25. The third-order valence-corrected chi connectivity index (χ3v) is 3.34. The normalized spacial score (nSPS) is 11.0. The summed E-state index contributed by atoms with van der Waals surface area (Å²) in [5, 5.41) is 14.1. The Morgan fingerprint density at radius 3 is 2.57 bits per heavy atom. The molecule has 2 rings (SSSR count). The van der Waals surface area contributed by atoms with E-state index >= 15 is 0 Å². The molecule has 0 radical (unpaired) electrons. The summed E-state index contributed by atoms with van der Waals surface area (Å²) in [6.45, 7) is -0.327. The number of hydrogen-bond donors (Lipinski definition) is 2. The Labute approximate surface area is 139 Å². The fraction of sp³-hybridized carbons (Fsp3) is 0.154. The van der Waals surface area contributed by atoms with E-state index in [0.29, 0.717) is 16.9 Å². The van der Waals surface area contributed by atoms with E-state index in [1.165, 1.54) is 12.1 Å². The lowest BCUT2D eigenvalue weighted by molar-refractivity contribution is -0.137. The van der Waals surface area contributed by atoms with Crippen LogP contribution >= 0.6 is 23.2 Å². The van der Waals surface area contributed by atoms with Crippen LogP contribution in [0.15, 0.2) is 24.4 Å². The van der Waals surface area contributed by atoms with Gasteiger partial charge in [-0.15, -0.1) is 0 Å². The standard InChI is InChI=1S/C13H8Cl2F3N5/c14-9-2-1-7(5-10(9)15)22-12-21-6-8(13(16,17)18)11(23-12)20-4-3-19/h1-2,5-6H,4H2,(H2,20,21,22,23). The molecule has 1 heterocycles. The fourth-order valence-electron chi connectivity index (χ4n) is 1.61. The molecule has 10 heteroatoms. The van der Waals surface area contributed by atoms with Crippen molar-refractivity contribution >= 4 is 40.7 Å². The van der Waals surface area contributed by atoms with Crippen LogP contribution in [0.5, 0.6) is 0 Å². The van der Waals surface area contributed by atoms with Gasteiger partial charge in [0, 0.05) is 11.9 Å². The maximum absolute atomic E-state index is 12.9. The molecule has 0 aliphatic carbocycles. The van der Waals surface area contributed by atoms with Gasteiger partial charge in [0.1, 0.15) is 17.9 Å². The Kier molecular flexibility index (Phi) is 5.13. The first-order valence-corrected chi connectivity index (χ1v) is 6.84. The van der Waals surface area contributed by atoms with E-state index in [4.69, 9.17) is 28.5 Å². The Hall–Kier alpha value is -2.24. The van der Waals surface area contributed by atoms with Crippen LogP contribution in [0.3, 0.4) is 0 Å². The summed E-state index contributed by atoms with van der Waals surface area (Å²) in [5.41, 5.74) is -0.613. The number of aromatic nitrogens is 2. The van der Waals surface area contributed by atoms with Crippen LogP contribution in [0.2, 0.25) is 10.0 Å². The average Bonchev–Trinajstić information content (AvgIpc) is 2.48. The van der Waals surface area contributed by atoms with Crippen molar-refractivity contribution in [3.8, 4) is 6.07 Å². The van der Waals surface area contributed by atoms with Crippen LogP contribution in [0.4, 0.5) is 30.6 Å². The summed E-state index contributed by atoms with van der Waals surface area (Å²) in [5.74, 6) is -0.576. The molecule has 120 valence electrons. The summed E-state index contributed by atoms with van der Waals surface area (Å²) >= 11 is 11.6. The largest absolute Gasteiger partial charge is 0.421 e. The Morgan fingerprint density at radius 2 is 1.96 bits per heavy atom. The second-order valence-corrected chi connectivity index (χ2v) is 5.03. The molecular weight excluding hydrogens is 354 g/mol. The second-order valence-electron chi connectivity index (χ2n) is 4.22. The van der Waals surface area contributed by atoms with Crippen molar-refractivity contribution in [3.63, 3.8) is 0 Å². The highest BCUT2D eigenvalue weighted by Crippen LogP contribution is 2.34. The quantitative estimate of drug-likeness (QED) is 0.785. The van der Waals surface area contributed by atoms with Crippen molar-refractivity contribution in [2.24, 2.45) is 0 Å². The van der Waals surface area contributed by atoms with Gasteiger partial charge in [-0.1, -0.05) is 23.2 Å². The highest BCUT2D eigenvalue weighted by Gasteiger charge is 2.35. The summed E-state index contributed by atoms with van der Waals surface area (Å²) < 4.78 is 38.6. The van der Waals surface area contributed by atoms with E-state index in [0.717, 1.165) is 0 Å². The van der Waals surface area contributed by atoms with Crippen molar-refractivity contribution in [3.05, 3.63) is 40.0 Å². The highest BCUT2D eigenvalue weighted by atomic mass is 35.5. The summed E-state index contributed by atoms with van der Waals surface area (Å²) in [6.07, 6.45) is -4.01. The van der Waals surface area contributed by atoms with Crippen LogP contribution in [0, 0.1) is 11.3 Å². The lowest BCUT2D eigenvalue weighted by atomic mass is 10.3. The zero-order chi connectivity index (χ0) is 17.0. The molecule has 0 atom stereocenters. The molecule has 0 fully saturated rings. The number of nitriles is 1. The minimum absolute atomic E-state index is 0.0863. The number of nitrogens with one attached hydrogen (secondary N) is 2. The summed E-state index contributed by atoms with van der Waals surface area (Å²) in [4.78, 5) is 7.36. The van der Waals surface area contributed by atoms with Gasteiger partial charge in [0.15, 0.2) is 0 Å². The van der Waals surface area contributed by atoms with Crippen LogP contribution < -0.4 is 10.6 Å². The average molecular weight is 362 g/mol. The Balaban J connectivity index is 2.32. The smallest absolute Gasteiger partial charge is 0.356 e. The lowest BCUT2D eigenvalue weighted by Crippen LogP contribution is -2.14. The van der Waals surface area contributed by atoms with E-state index in [-0.39, 0.29) is 17.5 Å². The fourth-order valence-corrected chi connectivity index (χ4v) is 1.91. The van der Waals surface area contributed by atoms with Gasteiger partial charge in [-0.25, -0.2) is 4.98 Å². The minimum Gasteiger partial charge on any atom is -0.356 e. The molecule has 0 saturated heterocycles. The maximum atomic E-state index is 12.9. The van der Waals surface area contributed by atoms with Crippen molar-refractivity contribution in [2.45, 2.75) is 6.18 Å². The van der Waals surface area contributed by atoms with Gasteiger partial charge in [-0.2, -0.15) is 23.4 Å². The van der Waals surface area contributed by atoms with Gasteiger partial charge < -0.3 is 10.6 Å². The first-order valence-electron chi connectivity index (χ1n) is 6.08. The lowest BCUT2D eigenvalue weighted by Gasteiger charge is -2.13. The summed E-state index contributed by atoms with van der Waals surface area (Å²) in [7, 11) is 0. The maximum Gasteiger partial charge on any atom is 0.421 e. The molecule has 0 aliphatic rings. The number of benzene rings is 1. The Morgan fingerprint density at radius 1 is 1.22 bits per heavy atom. The molecule has 5 nitrogen and oxygen atoms in total. The second kappa shape index (κ2) is 6.89. The molecular formula is C13H8Cl2F3N5. The van der Waals surface area contributed by atoms with E-state index in [1.807, 2.05) is 0 Å². The number of hydrogen-bond acceptors (Lipinski definition) is 5. The zero-order valence-corrected chi connectivity index (χ0v) is 12.8. The van der Waals surface area contributed by atoms with E-state index in [1.54, 1.807) is 12.1 Å². The van der Waals surface area contributed by atoms with Crippen molar-refractivity contribution in [1.29, 1.82) is 5.26 Å². The Bertz CT molecular complexity index is 758. The molecule has 1 aromatic carbocycles. The van der Waals surface area contributed by atoms with E-state index < -0.39 is 17.6 Å². The number of rotatable bonds is 4. The van der Waals surface area contributed by atoms with Gasteiger partial charge in [-0.3, -0.25) is 0 Å². The van der Waals surface area contributed by atoms with Crippen molar-refractivity contribution < 1.29 is 13.2 Å². The highest BCUT2D eigenvalue weighted by molar-refractivity contribution is 6.42. The first-order chi connectivity index (χ1) is 10.8. The van der Waals surface area contributed by atoms with Crippen molar-refractivity contribution in [1.82, 2.24) is 9.97 Å². The predicted octanol–water partition coefficient (Wildman–Crippen LogP) is 4.48. The third kappa shape index (κ3) is 4.37. The molecule has 0 saturated carbocycles. The number of nitrogens with zero attached hydrogens (tertiary/aromatic N) is 3. The van der Waals surface area contributed by atoms with E-state index in [2.05, 4.69) is 20.6 Å². The minimum atomic E-state index is -4.64. The molecule has 1 aromatic heterocycles. The predicted molar refractivity (Wildman–Crippen MR) is 80.9 cm³/mol. The first kappa shape index (κ1) is 17.1. The number of anilines is 3. The molecule has 0 bridgehead atoms. The van der Waals surface area contributed by atoms with E-state index in [9.17, 15) is 13.2 Å². The van der Waals surface area contributed by atoms with Crippen LogP contribution in [-0.4, -0.2) is 16.5 Å². The molecule has 2 N–H and O–H groups in total. The SMILES string of the molecule is N#CCNc1nc(Nc2ccc(Cl)c(Cl)c2)ncc1C(F)(F)F. The van der Waals surface area contributed by atoms with Crippen molar-refractivity contribution in [2.75, 3.05) is 17.2 Å². The molecule has 0 spiro atoms. The number of alkyl halides is 3. The van der Waals surface area contributed by atoms with Gasteiger partial charge >= 0.3 is 6.18 Å². The van der Waals surface area contributed by atoms with Crippen LogP contribution in [0.1, 0.15) is 5.56 Å². The van der Waals surface area contributed by atoms with Crippen LogP contribution in [0.25, 0.3) is 0 Å². The molecule has 0 unspecified atom stereocenters. The van der Waals surface area contributed by atoms with Crippen LogP contribution in [-0.2, 0) is 6.18 Å².